The van der Waals surface area contributed by atoms with Crippen molar-refractivity contribution in [3.8, 4) is 0 Å². The van der Waals surface area contributed by atoms with E-state index in [9.17, 15) is 5.11 Å². The van der Waals surface area contributed by atoms with Gasteiger partial charge in [-0.15, -0.1) is 0 Å². The van der Waals surface area contributed by atoms with Gasteiger partial charge in [-0.3, -0.25) is 4.90 Å². The minimum atomic E-state index is -0.254. The molecule has 13 heavy (non-hydrogen) atoms. The lowest BCUT2D eigenvalue weighted by Crippen LogP contribution is -2.37. The van der Waals surface area contributed by atoms with E-state index < -0.39 is 0 Å². The lowest BCUT2D eigenvalue weighted by molar-refractivity contribution is 0.0558. The quantitative estimate of drug-likeness (QED) is 0.651. The second kappa shape index (κ2) is 7.30. The second-order valence-electron chi connectivity index (χ2n) is 3.65. The summed E-state index contributed by atoms with van der Waals surface area (Å²) in [6.07, 6.45) is 1.10. The maximum Gasteiger partial charge on any atom is 0.0670 e. The smallest absolute Gasteiger partial charge is 0.0670 e. The van der Waals surface area contributed by atoms with Gasteiger partial charge in [0, 0.05) is 20.2 Å². The molecule has 0 fully saturated rings. The third-order valence-electron chi connectivity index (χ3n) is 1.98. The first-order valence-electron chi connectivity index (χ1n) is 5.03. The normalized spacial score (nSPS) is 16.2. The molecule has 0 aromatic heterocycles. The van der Waals surface area contributed by atoms with Gasteiger partial charge in [-0.25, -0.2) is 0 Å². The van der Waals surface area contributed by atoms with Crippen molar-refractivity contribution in [2.75, 3.05) is 26.7 Å². The Labute approximate surface area is 81.7 Å². The van der Waals surface area contributed by atoms with E-state index in [4.69, 9.17) is 4.74 Å². The molecular formula is C10H23NO2. The summed E-state index contributed by atoms with van der Waals surface area (Å²) in [7, 11) is 1.72. The van der Waals surface area contributed by atoms with Gasteiger partial charge in [0.1, 0.15) is 0 Å². The zero-order valence-electron chi connectivity index (χ0n) is 9.29. The molecule has 0 aliphatic heterocycles. The molecule has 2 unspecified atom stereocenters. The van der Waals surface area contributed by atoms with Gasteiger partial charge in [0.15, 0.2) is 0 Å². The number of hydrogen-bond donors (Lipinski definition) is 1. The van der Waals surface area contributed by atoms with E-state index in [-0.39, 0.29) is 12.2 Å². The predicted octanol–water partition coefficient (Wildman–Crippen LogP) is 1.11. The molecule has 3 heteroatoms. The van der Waals surface area contributed by atoms with Crippen molar-refractivity contribution in [1.29, 1.82) is 0 Å². The molecule has 0 aromatic rings. The van der Waals surface area contributed by atoms with Gasteiger partial charge in [0.2, 0.25) is 0 Å². The van der Waals surface area contributed by atoms with Crippen molar-refractivity contribution in [2.24, 2.45) is 0 Å². The van der Waals surface area contributed by atoms with E-state index in [1.807, 2.05) is 13.8 Å². The molecule has 0 aliphatic rings. The molecule has 0 heterocycles. The van der Waals surface area contributed by atoms with E-state index in [0.717, 1.165) is 26.1 Å². The highest BCUT2D eigenvalue weighted by molar-refractivity contribution is 4.64. The molecule has 0 saturated carbocycles. The minimum Gasteiger partial charge on any atom is -0.392 e. The molecule has 0 aromatic carbocycles. The standard InChI is InChI=1S/C10H23NO2/c1-5-6-11(7-9(2)12)8-10(3)13-4/h9-10,12H,5-8H2,1-4H3. The molecule has 0 bridgehead atoms. The molecule has 3 nitrogen and oxygen atoms in total. The number of nitrogens with zero attached hydrogens (tertiary/aromatic N) is 1. The van der Waals surface area contributed by atoms with E-state index in [2.05, 4.69) is 11.8 Å². The first-order valence-corrected chi connectivity index (χ1v) is 5.03. The minimum absolute atomic E-state index is 0.241. The molecule has 1 N–H and O–H groups in total. The Morgan fingerprint density at radius 2 is 1.92 bits per heavy atom. The predicted molar refractivity (Wildman–Crippen MR) is 54.9 cm³/mol. The van der Waals surface area contributed by atoms with Crippen LogP contribution in [-0.2, 0) is 4.74 Å². The molecule has 0 amide bonds. The first-order chi connectivity index (χ1) is 6.10. The fraction of sp³-hybridized carbons (Fsp3) is 1.00. The molecular weight excluding hydrogens is 166 g/mol. The van der Waals surface area contributed by atoms with Crippen LogP contribution in [0.25, 0.3) is 0 Å². The summed E-state index contributed by atoms with van der Waals surface area (Å²) in [4.78, 5) is 2.23. The van der Waals surface area contributed by atoms with Gasteiger partial charge in [-0.1, -0.05) is 6.92 Å². The van der Waals surface area contributed by atoms with Crippen molar-refractivity contribution in [3.63, 3.8) is 0 Å². The average Bonchev–Trinajstić information content (AvgIpc) is 2.03. The fourth-order valence-corrected chi connectivity index (χ4v) is 1.39. The SMILES string of the molecule is CCCN(CC(C)O)CC(C)OC. The van der Waals surface area contributed by atoms with Crippen LogP contribution in [0.5, 0.6) is 0 Å². The molecule has 0 aliphatic carbocycles. The Morgan fingerprint density at radius 1 is 1.31 bits per heavy atom. The second-order valence-corrected chi connectivity index (χ2v) is 3.65. The summed E-state index contributed by atoms with van der Waals surface area (Å²) in [5.41, 5.74) is 0. The summed E-state index contributed by atoms with van der Waals surface area (Å²) < 4.78 is 5.19. The van der Waals surface area contributed by atoms with Gasteiger partial charge in [0.25, 0.3) is 0 Å². The molecule has 80 valence electrons. The number of rotatable bonds is 7. The Kier molecular flexibility index (Phi) is 7.23. The van der Waals surface area contributed by atoms with Gasteiger partial charge >= 0.3 is 0 Å². The first kappa shape index (κ1) is 12.9. The van der Waals surface area contributed by atoms with Gasteiger partial charge in [0.05, 0.1) is 12.2 Å². The molecule has 0 spiro atoms. The number of ether oxygens (including phenoxy) is 1. The Hall–Kier alpha value is -0.120. The molecule has 0 radical (unpaired) electrons. The van der Waals surface area contributed by atoms with Crippen LogP contribution in [0.2, 0.25) is 0 Å². The van der Waals surface area contributed by atoms with Crippen LogP contribution in [0.4, 0.5) is 0 Å². The van der Waals surface area contributed by atoms with Crippen LogP contribution in [0, 0.1) is 0 Å². The Balaban J connectivity index is 3.78. The number of hydrogen-bond acceptors (Lipinski definition) is 3. The lowest BCUT2D eigenvalue weighted by Gasteiger charge is -2.25. The highest BCUT2D eigenvalue weighted by atomic mass is 16.5. The summed E-state index contributed by atoms with van der Waals surface area (Å²) in [6, 6.07) is 0. The van der Waals surface area contributed by atoms with Crippen molar-refractivity contribution in [2.45, 2.75) is 39.4 Å². The highest BCUT2D eigenvalue weighted by Gasteiger charge is 2.10. The zero-order valence-corrected chi connectivity index (χ0v) is 9.29. The monoisotopic (exact) mass is 189 g/mol. The summed E-state index contributed by atoms with van der Waals surface area (Å²) in [5, 5.41) is 9.25. The summed E-state index contributed by atoms with van der Waals surface area (Å²) in [5.74, 6) is 0. The van der Waals surface area contributed by atoms with Crippen LogP contribution >= 0.6 is 0 Å². The van der Waals surface area contributed by atoms with Crippen LogP contribution < -0.4 is 0 Å². The summed E-state index contributed by atoms with van der Waals surface area (Å²) >= 11 is 0. The van der Waals surface area contributed by atoms with E-state index in [1.165, 1.54) is 0 Å². The third kappa shape index (κ3) is 6.99. The maximum absolute atomic E-state index is 9.25. The average molecular weight is 189 g/mol. The van der Waals surface area contributed by atoms with Gasteiger partial charge in [-0.05, 0) is 26.8 Å². The van der Waals surface area contributed by atoms with Crippen LogP contribution in [0.3, 0.4) is 0 Å². The largest absolute Gasteiger partial charge is 0.392 e. The molecule has 0 saturated heterocycles. The number of aliphatic hydroxyl groups is 1. The van der Waals surface area contributed by atoms with Crippen molar-refractivity contribution < 1.29 is 9.84 Å². The van der Waals surface area contributed by atoms with Gasteiger partial charge in [-0.2, -0.15) is 0 Å². The zero-order chi connectivity index (χ0) is 10.3. The highest BCUT2D eigenvalue weighted by Crippen LogP contribution is 1.99. The van der Waals surface area contributed by atoms with Crippen molar-refractivity contribution >= 4 is 0 Å². The van der Waals surface area contributed by atoms with Crippen LogP contribution in [0.15, 0.2) is 0 Å². The lowest BCUT2D eigenvalue weighted by atomic mass is 10.3. The number of methoxy groups -OCH3 is 1. The summed E-state index contributed by atoms with van der Waals surface area (Å²) in [6.45, 7) is 8.67. The maximum atomic E-state index is 9.25. The molecule has 0 rings (SSSR count). The molecule has 2 atom stereocenters. The topological polar surface area (TPSA) is 32.7 Å². The van der Waals surface area contributed by atoms with Crippen LogP contribution in [-0.4, -0.2) is 49.0 Å². The third-order valence-corrected chi connectivity index (χ3v) is 1.98. The van der Waals surface area contributed by atoms with E-state index in [1.54, 1.807) is 7.11 Å². The van der Waals surface area contributed by atoms with Crippen LogP contribution in [0.1, 0.15) is 27.2 Å². The van der Waals surface area contributed by atoms with Crippen molar-refractivity contribution in [3.05, 3.63) is 0 Å². The van der Waals surface area contributed by atoms with E-state index in [0.29, 0.717) is 0 Å². The van der Waals surface area contributed by atoms with Crippen molar-refractivity contribution in [1.82, 2.24) is 4.90 Å². The van der Waals surface area contributed by atoms with E-state index >= 15 is 0 Å². The Morgan fingerprint density at radius 3 is 2.31 bits per heavy atom. The fourth-order valence-electron chi connectivity index (χ4n) is 1.39. The Bertz CT molecular complexity index is 117. The number of aliphatic hydroxyl groups excluding tert-OH is 1. The van der Waals surface area contributed by atoms with Gasteiger partial charge < -0.3 is 9.84 Å².